The Morgan fingerprint density at radius 2 is 1.40 bits per heavy atom. The first-order valence-corrected chi connectivity index (χ1v) is 7.97. The van der Waals surface area contributed by atoms with E-state index in [4.69, 9.17) is 0 Å². The summed E-state index contributed by atoms with van der Waals surface area (Å²) in [4.78, 5) is 0. The fourth-order valence-corrected chi connectivity index (χ4v) is 4.14. The van der Waals surface area contributed by atoms with E-state index in [-0.39, 0.29) is 0 Å². The number of hydrogen-bond acceptors (Lipinski definition) is 0. The summed E-state index contributed by atoms with van der Waals surface area (Å²) in [6.45, 7) is 7.40. The van der Waals surface area contributed by atoms with Crippen LogP contribution in [0.4, 0.5) is 0 Å². The third-order valence-corrected chi connectivity index (χ3v) is 6.47. The van der Waals surface area contributed by atoms with Crippen LogP contribution in [0.5, 0.6) is 0 Å². The summed E-state index contributed by atoms with van der Waals surface area (Å²) in [5, 5.41) is 0. The molecular formula is C14H25I. The zero-order chi connectivity index (χ0) is 11.2. The van der Waals surface area contributed by atoms with E-state index in [0.717, 1.165) is 5.41 Å². The van der Waals surface area contributed by atoms with Crippen LogP contribution in [-0.2, 0) is 0 Å². The number of hydrogen-bond donors (Lipinski definition) is 0. The van der Waals surface area contributed by atoms with Crippen molar-refractivity contribution in [1.29, 1.82) is 0 Å². The lowest BCUT2D eigenvalue weighted by Gasteiger charge is -2.44. The summed E-state index contributed by atoms with van der Waals surface area (Å²) in [5.74, 6) is 0. The monoisotopic (exact) mass is 320 g/mol. The minimum Gasteiger partial charge on any atom is -0.0858 e. The third kappa shape index (κ3) is 2.89. The van der Waals surface area contributed by atoms with Crippen molar-refractivity contribution in [2.45, 2.75) is 65.7 Å². The zero-order valence-corrected chi connectivity index (χ0v) is 12.7. The summed E-state index contributed by atoms with van der Waals surface area (Å²) in [7, 11) is 0. The maximum Gasteiger partial charge on any atom is 0.00522 e. The molecule has 0 nitrogen and oxygen atoms in total. The second-order valence-corrected chi connectivity index (χ2v) is 8.05. The van der Waals surface area contributed by atoms with Gasteiger partial charge in [0, 0.05) is 4.43 Å². The van der Waals surface area contributed by atoms with E-state index in [0.29, 0.717) is 10.8 Å². The highest BCUT2D eigenvalue weighted by atomic mass is 127. The Hall–Kier alpha value is 0.730. The Kier molecular flexibility index (Phi) is 3.16. The van der Waals surface area contributed by atoms with E-state index in [1.54, 1.807) is 0 Å². The van der Waals surface area contributed by atoms with Gasteiger partial charge in [-0.3, -0.25) is 0 Å². The predicted molar refractivity (Wildman–Crippen MR) is 75.5 cm³/mol. The van der Waals surface area contributed by atoms with Gasteiger partial charge >= 0.3 is 0 Å². The highest BCUT2D eigenvalue weighted by molar-refractivity contribution is 14.1. The second kappa shape index (κ2) is 3.89. The van der Waals surface area contributed by atoms with Gasteiger partial charge < -0.3 is 0 Å². The van der Waals surface area contributed by atoms with E-state index < -0.39 is 0 Å². The number of rotatable bonds is 3. The van der Waals surface area contributed by atoms with Crippen molar-refractivity contribution in [3.63, 3.8) is 0 Å². The van der Waals surface area contributed by atoms with Crippen LogP contribution in [0, 0.1) is 16.2 Å². The van der Waals surface area contributed by atoms with Crippen LogP contribution in [0.15, 0.2) is 0 Å². The van der Waals surface area contributed by atoms with Crippen molar-refractivity contribution in [3.05, 3.63) is 0 Å². The molecular weight excluding hydrogens is 295 g/mol. The Bertz CT molecular complexity index is 228. The summed E-state index contributed by atoms with van der Waals surface area (Å²) < 4.78 is 1.39. The molecule has 0 N–H and O–H groups in total. The van der Waals surface area contributed by atoms with Gasteiger partial charge in [0.2, 0.25) is 0 Å². The van der Waals surface area contributed by atoms with Gasteiger partial charge in [-0.2, -0.15) is 0 Å². The molecule has 0 atom stereocenters. The molecule has 0 amide bonds. The molecule has 0 aromatic heterocycles. The van der Waals surface area contributed by atoms with Crippen LogP contribution < -0.4 is 0 Å². The van der Waals surface area contributed by atoms with Crippen LogP contribution in [-0.4, -0.2) is 4.43 Å². The summed E-state index contributed by atoms with van der Waals surface area (Å²) >= 11 is 2.64. The van der Waals surface area contributed by atoms with Crippen molar-refractivity contribution >= 4 is 22.6 Å². The molecule has 0 aromatic rings. The van der Waals surface area contributed by atoms with Gasteiger partial charge in [-0.1, -0.05) is 43.4 Å². The predicted octanol–water partition coefficient (Wildman–Crippen LogP) is 5.20. The normalized spacial score (nSPS) is 31.2. The summed E-state index contributed by atoms with van der Waals surface area (Å²) in [6.07, 6.45) is 10.4. The molecule has 1 heteroatoms. The lowest BCUT2D eigenvalue weighted by atomic mass is 9.63. The minimum absolute atomic E-state index is 0.625. The molecule has 0 spiro atoms. The molecule has 0 bridgehead atoms. The molecule has 2 fully saturated rings. The topological polar surface area (TPSA) is 0 Å². The van der Waals surface area contributed by atoms with Gasteiger partial charge in [0.15, 0.2) is 0 Å². The van der Waals surface area contributed by atoms with E-state index in [1.807, 2.05) is 0 Å². The van der Waals surface area contributed by atoms with Gasteiger partial charge in [-0.25, -0.2) is 0 Å². The third-order valence-electron chi connectivity index (χ3n) is 4.85. The van der Waals surface area contributed by atoms with Crippen LogP contribution in [0.25, 0.3) is 0 Å². The smallest absolute Gasteiger partial charge is 0.00522 e. The molecule has 88 valence electrons. The van der Waals surface area contributed by atoms with Crippen molar-refractivity contribution in [2.75, 3.05) is 4.43 Å². The molecule has 0 saturated heterocycles. The Labute approximate surface area is 109 Å². The fraction of sp³-hybridized carbons (Fsp3) is 1.00. The minimum atomic E-state index is 0.625. The van der Waals surface area contributed by atoms with E-state index in [9.17, 15) is 0 Å². The Morgan fingerprint density at radius 1 is 0.867 bits per heavy atom. The van der Waals surface area contributed by atoms with E-state index >= 15 is 0 Å². The lowest BCUT2D eigenvalue weighted by molar-refractivity contribution is 0.0964. The molecule has 0 aliphatic heterocycles. The molecule has 0 unspecified atom stereocenters. The lowest BCUT2D eigenvalue weighted by Crippen LogP contribution is -2.34. The van der Waals surface area contributed by atoms with Crippen molar-refractivity contribution < 1.29 is 0 Å². The van der Waals surface area contributed by atoms with Gasteiger partial charge in [0.25, 0.3) is 0 Å². The van der Waals surface area contributed by atoms with Crippen LogP contribution in [0.1, 0.15) is 65.7 Å². The van der Waals surface area contributed by atoms with Crippen LogP contribution in [0.3, 0.4) is 0 Å². The highest BCUT2D eigenvalue weighted by Crippen LogP contribution is 2.58. The largest absolute Gasteiger partial charge is 0.0858 e. The quantitative estimate of drug-likeness (QED) is 0.495. The molecule has 2 saturated carbocycles. The highest BCUT2D eigenvalue weighted by Gasteiger charge is 2.46. The Morgan fingerprint density at radius 3 is 1.80 bits per heavy atom. The van der Waals surface area contributed by atoms with E-state index in [1.165, 1.54) is 49.4 Å². The first-order valence-electron chi connectivity index (χ1n) is 6.45. The van der Waals surface area contributed by atoms with Crippen LogP contribution >= 0.6 is 22.6 Å². The molecule has 2 aliphatic rings. The SMILES string of the molecule is CC1(C)CCC(CI)(CC2(C)CC2)CC1. The second-order valence-electron chi connectivity index (χ2n) is 7.29. The maximum absolute atomic E-state index is 2.64. The molecule has 0 radical (unpaired) electrons. The maximum atomic E-state index is 2.64. The molecule has 2 rings (SSSR count). The van der Waals surface area contributed by atoms with Gasteiger partial charge in [-0.05, 0) is 61.2 Å². The first-order chi connectivity index (χ1) is 6.89. The van der Waals surface area contributed by atoms with Crippen LogP contribution in [0.2, 0.25) is 0 Å². The van der Waals surface area contributed by atoms with Crippen molar-refractivity contribution in [3.8, 4) is 0 Å². The van der Waals surface area contributed by atoms with Gasteiger partial charge in [0.05, 0.1) is 0 Å². The van der Waals surface area contributed by atoms with E-state index in [2.05, 4.69) is 43.4 Å². The van der Waals surface area contributed by atoms with Crippen molar-refractivity contribution in [2.24, 2.45) is 16.2 Å². The standard InChI is InChI=1S/C14H25I/c1-12(2)4-8-14(11-15,9-5-12)10-13(3)6-7-13/h4-11H2,1-3H3. The fourth-order valence-electron chi connectivity index (χ4n) is 3.11. The number of alkyl halides is 1. The molecule has 2 aliphatic carbocycles. The molecule has 15 heavy (non-hydrogen) atoms. The summed E-state index contributed by atoms with van der Waals surface area (Å²) in [6, 6.07) is 0. The van der Waals surface area contributed by atoms with Gasteiger partial charge in [0.1, 0.15) is 0 Å². The summed E-state index contributed by atoms with van der Waals surface area (Å²) in [5.41, 5.74) is 2.08. The Balaban J connectivity index is 1.98. The van der Waals surface area contributed by atoms with Crippen molar-refractivity contribution in [1.82, 2.24) is 0 Å². The average molecular weight is 320 g/mol. The first kappa shape index (κ1) is 12.2. The molecule has 0 heterocycles. The number of halogens is 1. The zero-order valence-electron chi connectivity index (χ0n) is 10.5. The average Bonchev–Trinajstić information content (AvgIpc) is 2.88. The molecule has 0 aromatic carbocycles. The van der Waals surface area contributed by atoms with Gasteiger partial charge in [-0.15, -0.1) is 0 Å².